The SMILES string of the molecule is CC(C)C(NC(=O)CNC(=O)C(N)CCC(N)=O)C(=O)NC(CC(N)=O)C(=O)O. The van der Waals surface area contributed by atoms with E-state index in [1.54, 1.807) is 13.8 Å². The summed E-state index contributed by atoms with van der Waals surface area (Å²) in [6.07, 6.45) is -0.693. The Bertz CT molecular complexity index is 652. The first kappa shape index (κ1) is 25.8. The molecule has 0 rings (SSSR count). The summed E-state index contributed by atoms with van der Waals surface area (Å²) < 4.78 is 0. The molecule has 0 fully saturated rings. The van der Waals surface area contributed by atoms with Gasteiger partial charge in [0.2, 0.25) is 29.5 Å². The molecule has 0 bridgehead atoms. The predicted octanol–water partition coefficient (Wildman–Crippen LogP) is -3.72. The highest BCUT2D eigenvalue weighted by Crippen LogP contribution is 2.04. The van der Waals surface area contributed by atoms with Gasteiger partial charge in [0, 0.05) is 6.42 Å². The van der Waals surface area contributed by atoms with Gasteiger partial charge < -0.3 is 38.3 Å². The molecule has 13 heteroatoms. The lowest BCUT2D eigenvalue weighted by atomic mass is 10.0. The molecule has 0 aromatic carbocycles. The summed E-state index contributed by atoms with van der Waals surface area (Å²) in [4.78, 5) is 68.9. The summed E-state index contributed by atoms with van der Waals surface area (Å²) in [5, 5.41) is 15.8. The van der Waals surface area contributed by atoms with Gasteiger partial charge in [-0.15, -0.1) is 0 Å². The average Bonchev–Trinajstić information content (AvgIpc) is 2.60. The molecule has 0 aliphatic heterocycles. The Balaban J connectivity index is 4.78. The molecule has 0 aromatic rings. The summed E-state index contributed by atoms with van der Waals surface area (Å²) in [6, 6.07) is -3.71. The summed E-state index contributed by atoms with van der Waals surface area (Å²) in [5.74, 6) is -5.66. The molecule has 0 aliphatic carbocycles. The fourth-order valence-corrected chi connectivity index (χ4v) is 2.15. The molecular weight excluding hydrogens is 388 g/mol. The van der Waals surface area contributed by atoms with E-state index in [4.69, 9.17) is 22.3 Å². The zero-order valence-corrected chi connectivity index (χ0v) is 16.3. The van der Waals surface area contributed by atoms with Gasteiger partial charge in [0.1, 0.15) is 12.1 Å². The maximum Gasteiger partial charge on any atom is 0.326 e. The fourth-order valence-electron chi connectivity index (χ4n) is 2.15. The van der Waals surface area contributed by atoms with Gasteiger partial charge in [0.15, 0.2) is 0 Å². The second-order valence-electron chi connectivity index (χ2n) is 6.69. The summed E-state index contributed by atoms with van der Waals surface area (Å²) in [6.45, 7) is 2.71. The minimum absolute atomic E-state index is 0.0102. The van der Waals surface area contributed by atoms with E-state index in [9.17, 15) is 28.8 Å². The molecule has 0 radical (unpaired) electrons. The van der Waals surface area contributed by atoms with E-state index in [-0.39, 0.29) is 12.8 Å². The zero-order chi connectivity index (χ0) is 22.7. The van der Waals surface area contributed by atoms with Gasteiger partial charge in [-0.05, 0) is 12.3 Å². The van der Waals surface area contributed by atoms with Crippen LogP contribution in [0.15, 0.2) is 0 Å². The molecule has 13 nitrogen and oxygen atoms in total. The molecule has 5 amide bonds. The summed E-state index contributed by atoms with van der Waals surface area (Å²) >= 11 is 0. The molecule has 0 heterocycles. The first-order valence-corrected chi connectivity index (χ1v) is 8.77. The second kappa shape index (κ2) is 12.3. The molecule has 10 N–H and O–H groups in total. The molecule has 0 saturated carbocycles. The van der Waals surface area contributed by atoms with Crippen LogP contribution in [0.1, 0.15) is 33.1 Å². The highest BCUT2D eigenvalue weighted by molar-refractivity contribution is 5.93. The fraction of sp³-hybridized carbons (Fsp3) is 0.625. The molecule has 3 unspecified atom stereocenters. The van der Waals surface area contributed by atoms with Gasteiger partial charge in [-0.25, -0.2) is 4.79 Å². The monoisotopic (exact) mass is 416 g/mol. The number of amides is 5. The van der Waals surface area contributed by atoms with Crippen molar-refractivity contribution in [3.63, 3.8) is 0 Å². The Morgan fingerprint density at radius 2 is 1.52 bits per heavy atom. The van der Waals surface area contributed by atoms with Gasteiger partial charge in [0.05, 0.1) is 19.0 Å². The van der Waals surface area contributed by atoms with Crippen molar-refractivity contribution in [1.82, 2.24) is 16.0 Å². The van der Waals surface area contributed by atoms with Crippen LogP contribution in [0.3, 0.4) is 0 Å². The highest BCUT2D eigenvalue weighted by atomic mass is 16.4. The Morgan fingerprint density at radius 3 is 1.97 bits per heavy atom. The lowest BCUT2D eigenvalue weighted by Crippen LogP contribution is -2.56. The van der Waals surface area contributed by atoms with Crippen molar-refractivity contribution >= 4 is 35.5 Å². The van der Waals surface area contributed by atoms with E-state index in [1.165, 1.54) is 0 Å². The van der Waals surface area contributed by atoms with Crippen molar-refractivity contribution < 1.29 is 33.9 Å². The second-order valence-corrected chi connectivity index (χ2v) is 6.69. The normalized spacial score (nSPS) is 13.7. The van der Waals surface area contributed by atoms with Crippen LogP contribution in [0.5, 0.6) is 0 Å². The Labute approximate surface area is 167 Å². The first-order valence-electron chi connectivity index (χ1n) is 8.77. The zero-order valence-electron chi connectivity index (χ0n) is 16.3. The maximum atomic E-state index is 12.3. The molecule has 29 heavy (non-hydrogen) atoms. The van der Waals surface area contributed by atoms with E-state index in [2.05, 4.69) is 16.0 Å². The number of aliphatic carboxylic acids is 1. The van der Waals surface area contributed by atoms with Gasteiger partial charge in [0.25, 0.3) is 0 Å². The van der Waals surface area contributed by atoms with Crippen LogP contribution in [0, 0.1) is 5.92 Å². The van der Waals surface area contributed by atoms with Crippen molar-refractivity contribution in [3.8, 4) is 0 Å². The smallest absolute Gasteiger partial charge is 0.326 e. The molecule has 0 aliphatic rings. The topological polar surface area (TPSA) is 237 Å². The number of primary amides is 2. The number of carbonyl (C=O) groups is 6. The van der Waals surface area contributed by atoms with Crippen molar-refractivity contribution in [2.45, 2.75) is 51.2 Å². The molecule has 164 valence electrons. The van der Waals surface area contributed by atoms with Crippen LogP contribution in [0.2, 0.25) is 0 Å². The van der Waals surface area contributed by atoms with Gasteiger partial charge in [-0.1, -0.05) is 13.8 Å². The van der Waals surface area contributed by atoms with Crippen LogP contribution < -0.4 is 33.2 Å². The van der Waals surface area contributed by atoms with E-state index in [0.717, 1.165) is 0 Å². The van der Waals surface area contributed by atoms with Crippen molar-refractivity contribution in [3.05, 3.63) is 0 Å². The average molecular weight is 416 g/mol. The highest BCUT2D eigenvalue weighted by Gasteiger charge is 2.29. The van der Waals surface area contributed by atoms with Crippen molar-refractivity contribution in [2.75, 3.05) is 6.54 Å². The van der Waals surface area contributed by atoms with Crippen LogP contribution >= 0.6 is 0 Å². The van der Waals surface area contributed by atoms with Crippen LogP contribution in [-0.2, 0) is 28.8 Å². The third-order valence-corrected chi connectivity index (χ3v) is 3.75. The first-order chi connectivity index (χ1) is 13.3. The summed E-state index contributed by atoms with van der Waals surface area (Å²) in [7, 11) is 0. The van der Waals surface area contributed by atoms with Gasteiger partial charge in [-0.3, -0.25) is 24.0 Å². The number of carboxylic acids is 1. The third-order valence-electron chi connectivity index (χ3n) is 3.75. The van der Waals surface area contributed by atoms with E-state index < -0.39 is 72.5 Å². The van der Waals surface area contributed by atoms with E-state index in [1.807, 2.05) is 0 Å². The van der Waals surface area contributed by atoms with Crippen molar-refractivity contribution in [1.29, 1.82) is 0 Å². The Hall–Kier alpha value is -3.22. The minimum atomic E-state index is -1.54. The van der Waals surface area contributed by atoms with Crippen LogP contribution in [0.25, 0.3) is 0 Å². The number of rotatable bonds is 13. The van der Waals surface area contributed by atoms with Crippen LogP contribution in [-0.4, -0.2) is 65.3 Å². The van der Waals surface area contributed by atoms with Gasteiger partial charge >= 0.3 is 5.97 Å². The minimum Gasteiger partial charge on any atom is -0.480 e. The van der Waals surface area contributed by atoms with E-state index in [0.29, 0.717) is 0 Å². The predicted molar refractivity (Wildman–Crippen MR) is 99.6 cm³/mol. The molecule has 0 aromatic heterocycles. The standard InChI is InChI=1S/C16H28N6O7/c1-7(2)13(15(27)21-9(16(28)29)5-11(19)24)22-12(25)6-20-14(26)8(17)3-4-10(18)23/h7-9,13H,3-6,17H2,1-2H3,(H2,18,23)(H2,19,24)(H,20,26)(H,21,27)(H,22,25)(H,28,29). The number of nitrogens with two attached hydrogens (primary N) is 3. The number of carboxylic acid groups (broad SMARTS) is 1. The lowest BCUT2D eigenvalue weighted by molar-refractivity contribution is -0.144. The number of nitrogens with one attached hydrogen (secondary N) is 3. The molecule has 0 saturated heterocycles. The molecule has 0 spiro atoms. The number of hydrogen-bond donors (Lipinski definition) is 7. The molecule has 3 atom stereocenters. The Morgan fingerprint density at radius 1 is 0.931 bits per heavy atom. The van der Waals surface area contributed by atoms with E-state index >= 15 is 0 Å². The number of hydrogen-bond acceptors (Lipinski definition) is 7. The van der Waals surface area contributed by atoms with Crippen molar-refractivity contribution in [2.24, 2.45) is 23.1 Å². The maximum absolute atomic E-state index is 12.3. The largest absolute Gasteiger partial charge is 0.480 e. The van der Waals surface area contributed by atoms with Crippen LogP contribution in [0.4, 0.5) is 0 Å². The number of carbonyl (C=O) groups excluding carboxylic acids is 5. The molecular formula is C16H28N6O7. The summed E-state index contributed by atoms with van der Waals surface area (Å²) in [5.41, 5.74) is 15.5. The lowest BCUT2D eigenvalue weighted by Gasteiger charge is -2.24. The van der Waals surface area contributed by atoms with Gasteiger partial charge in [-0.2, -0.15) is 0 Å². The quantitative estimate of drug-likeness (QED) is 0.157. The third kappa shape index (κ3) is 10.6. The Kier molecular flexibility index (Phi) is 10.9.